The molecule has 6 nitrogen and oxygen atoms in total. The summed E-state index contributed by atoms with van der Waals surface area (Å²) in [6, 6.07) is 7.34. The number of aliphatic hydroxyl groups excluding tert-OH is 1. The molecule has 0 aliphatic carbocycles. The first-order chi connectivity index (χ1) is 13.2. The Kier molecular flexibility index (Phi) is 7.35. The summed E-state index contributed by atoms with van der Waals surface area (Å²) in [4.78, 5) is 17.0. The average molecular weight is 376 g/mol. The molecule has 0 bridgehead atoms. The Morgan fingerprint density at radius 1 is 1.07 bits per heavy atom. The standard InChI is InChI=1S/C21H32N2O4/c1-26-19-8-4-5-9-20(19)27-16-21(25)23-13-17(18(14-23)15-24)12-22-10-6-2-3-7-11-22/h4-5,8-9,17-18,24H,2-3,6-7,10-16H2,1H3/t17-,18-/m0/s1. The molecule has 0 radical (unpaired) electrons. The molecule has 2 saturated heterocycles. The molecule has 2 aliphatic rings. The monoisotopic (exact) mass is 376 g/mol. The van der Waals surface area contributed by atoms with Crippen LogP contribution in [0.25, 0.3) is 0 Å². The van der Waals surface area contributed by atoms with Crippen LogP contribution in [-0.2, 0) is 4.79 Å². The lowest BCUT2D eigenvalue weighted by molar-refractivity contribution is -0.132. The van der Waals surface area contributed by atoms with E-state index in [1.165, 1.54) is 25.7 Å². The normalized spacial score (nSPS) is 23.9. The van der Waals surface area contributed by atoms with Crippen LogP contribution in [0.4, 0.5) is 0 Å². The number of ether oxygens (including phenoxy) is 2. The number of aliphatic hydroxyl groups is 1. The Balaban J connectivity index is 1.53. The minimum Gasteiger partial charge on any atom is -0.493 e. The molecule has 1 N–H and O–H groups in total. The first-order valence-electron chi connectivity index (χ1n) is 10.1. The van der Waals surface area contributed by atoms with Gasteiger partial charge in [0.25, 0.3) is 5.91 Å². The molecule has 6 heteroatoms. The lowest BCUT2D eigenvalue weighted by Gasteiger charge is -2.26. The van der Waals surface area contributed by atoms with Gasteiger partial charge in [-0.1, -0.05) is 25.0 Å². The van der Waals surface area contributed by atoms with Gasteiger partial charge in [0.05, 0.1) is 7.11 Å². The lowest BCUT2D eigenvalue weighted by atomic mass is 9.96. The zero-order chi connectivity index (χ0) is 19.1. The van der Waals surface area contributed by atoms with E-state index in [0.717, 1.165) is 19.6 Å². The summed E-state index contributed by atoms with van der Waals surface area (Å²) in [5.74, 6) is 1.66. The number of rotatable bonds is 7. The van der Waals surface area contributed by atoms with Crippen LogP contribution in [0.1, 0.15) is 25.7 Å². The Morgan fingerprint density at radius 2 is 1.74 bits per heavy atom. The third-order valence-corrected chi connectivity index (χ3v) is 5.78. The molecule has 2 heterocycles. The van der Waals surface area contributed by atoms with E-state index in [1.807, 2.05) is 23.1 Å². The number of nitrogens with zero attached hydrogens (tertiary/aromatic N) is 2. The topological polar surface area (TPSA) is 62.2 Å². The van der Waals surface area contributed by atoms with E-state index in [0.29, 0.717) is 30.5 Å². The van der Waals surface area contributed by atoms with Crippen molar-refractivity contribution in [2.75, 3.05) is 53.0 Å². The fraction of sp³-hybridized carbons (Fsp3) is 0.667. The highest BCUT2D eigenvalue weighted by Crippen LogP contribution is 2.27. The van der Waals surface area contributed by atoms with Gasteiger partial charge in [-0.15, -0.1) is 0 Å². The van der Waals surface area contributed by atoms with Crippen molar-refractivity contribution in [2.45, 2.75) is 25.7 Å². The van der Waals surface area contributed by atoms with Gasteiger partial charge in [0, 0.05) is 32.2 Å². The van der Waals surface area contributed by atoms with Crippen LogP contribution in [0.15, 0.2) is 24.3 Å². The van der Waals surface area contributed by atoms with E-state index in [1.54, 1.807) is 13.2 Å². The summed E-state index contributed by atoms with van der Waals surface area (Å²) in [5, 5.41) is 9.79. The zero-order valence-corrected chi connectivity index (χ0v) is 16.3. The van der Waals surface area contributed by atoms with E-state index in [9.17, 15) is 9.90 Å². The van der Waals surface area contributed by atoms with Gasteiger partial charge in [-0.2, -0.15) is 0 Å². The Morgan fingerprint density at radius 3 is 2.41 bits per heavy atom. The second-order valence-corrected chi connectivity index (χ2v) is 7.66. The van der Waals surface area contributed by atoms with Crippen LogP contribution in [0, 0.1) is 11.8 Å². The van der Waals surface area contributed by atoms with Crippen molar-refractivity contribution in [3.63, 3.8) is 0 Å². The first-order valence-corrected chi connectivity index (χ1v) is 10.1. The molecule has 1 aromatic carbocycles. The molecule has 2 aliphatic heterocycles. The summed E-state index contributed by atoms with van der Waals surface area (Å²) in [7, 11) is 1.59. The maximum atomic E-state index is 12.6. The Bertz CT molecular complexity index is 602. The van der Waals surface area contributed by atoms with Crippen molar-refractivity contribution in [3.05, 3.63) is 24.3 Å². The Labute approximate surface area is 162 Å². The molecule has 2 fully saturated rings. The molecule has 150 valence electrons. The smallest absolute Gasteiger partial charge is 0.260 e. The second-order valence-electron chi connectivity index (χ2n) is 7.66. The van der Waals surface area contributed by atoms with Gasteiger partial charge in [-0.05, 0) is 44.0 Å². The molecular formula is C21H32N2O4. The molecule has 0 unspecified atom stereocenters. The van der Waals surface area contributed by atoms with Gasteiger partial charge in [0.2, 0.25) is 0 Å². The van der Waals surface area contributed by atoms with E-state index in [4.69, 9.17) is 9.47 Å². The molecule has 3 rings (SSSR count). The summed E-state index contributed by atoms with van der Waals surface area (Å²) in [6.45, 7) is 4.70. The van der Waals surface area contributed by atoms with Crippen LogP contribution in [0.5, 0.6) is 11.5 Å². The number of benzene rings is 1. The highest BCUT2D eigenvalue weighted by molar-refractivity contribution is 5.78. The van der Waals surface area contributed by atoms with E-state index in [-0.39, 0.29) is 25.0 Å². The van der Waals surface area contributed by atoms with Crippen LogP contribution in [0.3, 0.4) is 0 Å². The van der Waals surface area contributed by atoms with Crippen molar-refractivity contribution in [1.82, 2.24) is 9.80 Å². The number of likely N-dealkylation sites (tertiary alicyclic amines) is 2. The fourth-order valence-electron chi connectivity index (χ4n) is 4.18. The molecular weight excluding hydrogens is 344 g/mol. The van der Waals surface area contributed by atoms with Crippen molar-refractivity contribution < 1.29 is 19.4 Å². The van der Waals surface area contributed by atoms with Crippen molar-refractivity contribution in [1.29, 1.82) is 0 Å². The third kappa shape index (κ3) is 5.36. The quantitative estimate of drug-likeness (QED) is 0.789. The fourth-order valence-corrected chi connectivity index (χ4v) is 4.18. The minimum atomic E-state index is -0.0299. The predicted octanol–water partition coefficient (Wildman–Crippen LogP) is 2.02. The highest BCUT2D eigenvalue weighted by atomic mass is 16.5. The van der Waals surface area contributed by atoms with Crippen LogP contribution in [-0.4, -0.2) is 73.9 Å². The van der Waals surface area contributed by atoms with E-state index < -0.39 is 0 Å². The van der Waals surface area contributed by atoms with Gasteiger partial charge in [0.15, 0.2) is 18.1 Å². The van der Waals surface area contributed by atoms with Gasteiger partial charge >= 0.3 is 0 Å². The predicted molar refractivity (Wildman–Crippen MR) is 104 cm³/mol. The zero-order valence-electron chi connectivity index (χ0n) is 16.3. The average Bonchev–Trinajstić information content (AvgIpc) is 2.93. The number of methoxy groups -OCH3 is 1. The van der Waals surface area contributed by atoms with Gasteiger partial charge in [-0.25, -0.2) is 0 Å². The van der Waals surface area contributed by atoms with E-state index >= 15 is 0 Å². The summed E-state index contributed by atoms with van der Waals surface area (Å²) >= 11 is 0. The van der Waals surface area contributed by atoms with Gasteiger partial charge in [-0.3, -0.25) is 4.79 Å². The van der Waals surface area contributed by atoms with Crippen LogP contribution >= 0.6 is 0 Å². The number of carbonyl (C=O) groups is 1. The molecule has 0 spiro atoms. The Hall–Kier alpha value is -1.79. The van der Waals surface area contributed by atoms with Crippen molar-refractivity contribution in [3.8, 4) is 11.5 Å². The van der Waals surface area contributed by atoms with Crippen molar-refractivity contribution >= 4 is 5.91 Å². The number of carbonyl (C=O) groups excluding carboxylic acids is 1. The first kappa shape index (κ1) is 20.0. The molecule has 0 saturated carbocycles. The largest absolute Gasteiger partial charge is 0.493 e. The van der Waals surface area contributed by atoms with Crippen LogP contribution in [0.2, 0.25) is 0 Å². The highest BCUT2D eigenvalue weighted by Gasteiger charge is 2.35. The van der Waals surface area contributed by atoms with Crippen molar-refractivity contribution in [2.24, 2.45) is 11.8 Å². The summed E-state index contributed by atoms with van der Waals surface area (Å²) < 4.78 is 10.9. The second kappa shape index (κ2) is 9.95. The maximum absolute atomic E-state index is 12.6. The summed E-state index contributed by atoms with van der Waals surface area (Å²) in [5.41, 5.74) is 0. The third-order valence-electron chi connectivity index (χ3n) is 5.78. The molecule has 1 aromatic rings. The number of hydrogen-bond acceptors (Lipinski definition) is 5. The molecule has 2 atom stereocenters. The van der Waals surface area contributed by atoms with E-state index in [2.05, 4.69) is 4.90 Å². The van der Waals surface area contributed by atoms with Gasteiger partial charge < -0.3 is 24.4 Å². The maximum Gasteiger partial charge on any atom is 0.260 e. The van der Waals surface area contributed by atoms with Crippen LogP contribution < -0.4 is 9.47 Å². The number of hydrogen-bond donors (Lipinski definition) is 1. The number of amides is 1. The molecule has 27 heavy (non-hydrogen) atoms. The minimum absolute atomic E-state index is 0.00500. The lowest BCUT2D eigenvalue weighted by Crippen LogP contribution is -2.36. The van der Waals surface area contributed by atoms with Gasteiger partial charge in [0.1, 0.15) is 0 Å². The molecule has 0 aromatic heterocycles. The SMILES string of the molecule is COc1ccccc1OCC(=O)N1C[C@@H](CO)[C@@H](CN2CCCCCC2)C1. The summed E-state index contributed by atoms with van der Waals surface area (Å²) in [6.07, 6.45) is 5.14. The molecule has 1 amide bonds. The number of para-hydroxylation sites is 2.